The molecule has 0 aliphatic rings. The van der Waals surface area contributed by atoms with Crippen LogP contribution in [0, 0.1) is 11.9 Å². The Hall–Kier alpha value is -1.54. The minimum absolute atomic E-state index is 0.0504. The highest BCUT2D eigenvalue weighted by Crippen LogP contribution is 2.20. The average molecular weight is 349 g/mol. The molecule has 2 aromatic rings. The van der Waals surface area contributed by atoms with Crippen LogP contribution >= 0.6 is 15.9 Å². The summed E-state index contributed by atoms with van der Waals surface area (Å²) in [6.07, 6.45) is 0. The second kappa shape index (κ2) is 5.22. The van der Waals surface area contributed by atoms with Crippen LogP contribution in [-0.4, -0.2) is 13.4 Å². The Morgan fingerprint density at radius 2 is 1.89 bits per heavy atom. The van der Waals surface area contributed by atoms with Gasteiger partial charge in [0.15, 0.2) is 0 Å². The van der Waals surface area contributed by atoms with Gasteiger partial charge in [0.25, 0.3) is 10.0 Å². The van der Waals surface area contributed by atoms with E-state index in [0.717, 1.165) is 12.1 Å². The second-order valence-electron chi connectivity index (χ2n) is 3.54. The lowest BCUT2D eigenvalue weighted by molar-refractivity contribution is 0.515. The van der Waals surface area contributed by atoms with Crippen LogP contribution in [-0.2, 0) is 10.0 Å². The van der Waals surface area contributed by atoms with E-state index in [1.807, 2.05) is 4.72 Å². The third kappa shape index (κ3) is 3.27. The number of aromatic nitrogens is 1. The standard InChI is InChI=1S/C11H7BrF2N2O2S/c12-7-2-1-3-8(6-7)19(17,18)16-9-4-5-10(13)15-11(9)14/h1-6,16H. The molecule has 19 heavy (non-hydrogen) atoms. The van der Waals surface area contributed by atoms with Gasteiger partial charge in [-0.3, -0.25) is 4.72 Å². The number of rotatable bonds is 3. The average Bonchev–Trinajstić information content (AvgIpc) is 2.33. The zero-order chi connectivity index (χ0) is 14.0. The van der Waals surface area contributed by atoms with Gasteiger partial charge >= 0.3 is 0 Å². The van der Waals surface area contributed by atoms with Crippen molar-refractivity contribution in [3.8, 4) is 0 Å². The van der Waals surface area contributed by atoms with Crippen molar-refractivity contribution >= 4 is 31.6 Å². The van der Waals surface area contributed by atoms with Gasteiger partial charge < -0.3 is 0 Å². The molecule has 1 heterocycles. The molecule has 1 N–H and O–H groups in total. The van der Waals surface area contributed by atoms with E-state index in [2.05, 4.69) is 20.9 Å². The van der Waals surface area contributed by atoms with Crippen molar-refractivity contribution in [2.45, 2.75) is 4.90 Å². The molecule has 0 saturated heterocycles. The quantitative estimate of drug-likeness (QED) is 0.867. The van der Waals surface area contributed by atoms with Crippen LogP contribution < -0.4 is 4.72 Å². The molecule has 0 aliphatic carbocycles. The summed E-state index contributed by atoms with van der Waals surface area (Å²) in [5.41, 5.74) is -0.415. The zero-order valence-electron chi connectivity index (χ0n) is 9.27. The van der Waals surface area contributed by atoms with Gasteiger partial charge in [-0.05, 0) is 30.3 Å². The summed E-state index contributed by atoms with van der Waals surface area (Å²) < 4.78 is 52.4. The van der Waals surface area contributed by atoms with Crippen LogP contribution in [0.2, 0.25) is 0 Å². The second-order valence-corrected chi connectivity index (χ2v) is 6.13. The van der Waals surface area contributed by atoms with Crippen molar-refractivity contribution in [3.63, 3.8) is 0 Å². The number of halogens is 3. The lowest BCUT2D eigenvalue weighted by atomic mass is 10.4. The van der Waals surface area contributed by atoms with Crippen molar-refractivity contribution in [1.82, 2.24) is 4.98 Å². The third-order valence-corrected chi connectivity index (χ3v) is 4.02. The van der Waals surface area contributed by atoms with Gasteiger partial charge in [0.05, 0.1) is 4.90 Å². The Bertz CT molecular complexity index is 722. The maximum atomic E-state index is 13.3. The first kappa shape index (κ1) is 13.9. The molecule has 8 heteroatoms. The molecular formula is C11H7BrF2N2O2S. The van der Waals surface area contributed by atoms with Crippen LogP contribution in [0.1, 0.15) is 0 Å². The van der Waals surface area contributed by atoms with Gasteiger partial charge in [-0.2, -0.15) is 13.8 Å². The van der Waals surface area contributed by atoms with Gasteiger partial charge in [0.2, 0.25) is 11.9 Å². The summed E-state index contributed by atoms with van der Waals surface area (Å²) in [5.74, 6) is -2.25. The number of hydrogen-bond donors (Lipinski definition) is 1. The molecule has 0 aliphatic heterocycles. The molecule has 100 valence electrons. The van der Waals surface area contributed by atoms with E-state index in [1.54, 1.807) is 6.07 Å². The number of benzene rings is 1. The summed E-state index contributed by atoms with van der Waals surface area (Å²) in [6, 6.07) is 7.71. The van der Waals surface area contributed by atoms with Crippen LogP contribution in [0.15, 0.2) is 45.8 Å². The monoisotopic (exact) mass is 348 g/mol. The fourth-order valence-corrected chi connectivity index (χ4v) is 2.98. The van der Waals surface area contributed by atoms with Crippen LogP contribution in [0.4, 0.5) is 14.5 Å². The van der Waals surface area contributed by atoms with Gasteiger partial charge in [0.1, 0.15) is 5.69 Å². The van der Waals surface area contributed by atoms with E-state index >= 15 is 0 Å². The highest BCUT2D eigenvalue weighted by atomic mass is 79.9. The van der Waals surface area contributed by atoms with Crippen molar-refractivity contribution in [2.75, 3.05) is 4.72 Å². The topological polar surface area (TPSA) is 59.1 Å². The lowest BCUT2D eigenvalue weighted by Crippen LogP contribution is -2.14. The fraction of sp³-hybridized carbons (Fsp3) is 0. The summed E-state index contributed by atoms with van der Waals surface area (Å²) in [4.78, 5) is 2.85. The van der Waals surface area contributed by atoms with Crippen molar-refractivity contribution in [1.29, 1.82) is 0 Å². The van der Waals surface area contributed by atoms with E-state index in [-0.39, 0.29) is 4.90 Å². The van der Waals surface area contributed by atoms with Gasteiger partial charge in [0, 0.05) is 4.47 Å². The normalized spacial score (nSPS) is 11.3. The molecule has 0 fully saturated rings. The van der Waals surface area contributed by atoms with Crippen molar-refractivity contribution in [2.24, 2.45) is 0 Å². The lowest BCUT2D eigenvalue weighted by Gasteiger charge is -2.08. The highest BCUT2D eigenvalue weighted by molar-refractivity contribution is 9.10. The van der Waals surface area contributed by atoms with Gasteiger partial charge in [-0.15, -0.1) is 0 Å². The Balaban J connectivity index is 2.36. The predicted octanol–water partition coefficient (Wildman–Crippen LogP) is 2.92. The molecule has 0 radical (unpaired) electrons. The first-order valence-corrected chi connectivity index (χ1v) is 7.26. The van der Waals surface area contributed by atoms with E-state index in [4.69, 9.17) is 0 Å². The van der Waals surface area contributed by atoms with E-state index < -0.39 is 27.6 Å². The highest BCUT2D eigenvalue weighted by Gasteiger charge is 2.17. The molecule has 2 rings (SSSR count). The van der Waals surface area contributed by atoms with Gasteiger partial charge in [-0.1, -0.05) is 22.0 Å². The molecule has 0 unspecified atom stereocenters. The molecule has 4 nitrogen and oxygen atoms in total. The predicted molar refractivity (Wildman–Crippen MR) is 69.1 cm³/mol. The van der Waals surface area contributed by atoms with E-state index in [0.29, 0.717) is 4.47 Å². The number of pyridine rings is 1. The number of sulfonamides is 1. The van der Waals surface area contributed by atoms with Crippen molar-refractivity contribution < 1.29 is 17.2 Å². The number of nitrogens with one attached hydrogen (secondary N) is 1. The van der Waals surface area contributed by atoms with Crippen LogP contribution in [0.3, 0.4) is 0 Å². The molecule has 0 amide bonds. The molecule has 0 saturated carbocycles. The van der Waals surface area contributed by atoms with Crippen LogP contribution in [0.5, 0.6) is 0 Å². The Labute approximate surface area is 116 Å². The maximum Gasteiger partial charge on any atom is 0.262 e. The summed E-state index contributed by atoms with van der Waals surface area (Å²) >= 11 is 3.14. The molecule has 1 aromatic heterocycles. The fourth-order valence-electron chi connectivity index (χ4n) is 1.33. The first-order chi connectivity index (χ1) is 8.88. The molecule has 1 aromatic carbocycles. The third-order valence-electron chi connectivity index (χ3n) is 2.17. The molecule has 0 bridgehead atoms. The number of anilines is 1. The largest absolute Gasteiger partial charge is 0.275 e. The molecular weight excluding hydrogens is 342 g/mol. The first-order valence-electron chi connectivity index (χ1n) is 4.99. The molecule has 0 spiro atoms. The smallest absolute Gasteiger partial charge is 0.262 e. The van der Waals surface area contributed by atoms with E-state index in [9.17, 15) is 17.2 Å². The van der Waals surface area contributed by atoms with E-state index in [1.165, 1.54) is 18.2 Å². The minimum atomic E-state index is -3.95. The Kier molecular flexibility index (Phi) is 3.81. The number of hydrogen-bond acceptors (Lipinski definition) is 3. The molecule has 0 atom stereocenters. The zero-order valence-corrected chi connectivity index (χ0v) is 11.7. The van der Waals surface area contributed by atoms with Crippen LogP contribution in [0.25, 0.3) is 0 Å². The Morgan fingerprint density at radius 1 is 1.16 bits per heavy atom. The van der Waals surface area contributed by atoms with Crippen molar-refractivity contribution in [3.05, 3.63) is 52.8 Å². The summed E-state index contributed by atoms with van der Waals surface area (Å²) in [5, 5.41) is 0. The maximum absolute atomic E-state index is 13.3. The van der Waals surface area contributed by atoms with Gasteiger partial charge in [-0.25, -0.2) is 8.42 Å². The summed E-state index contributed by atoms with van der Waals surface area (Å²) in [7, 11) is -3.95. The minimum Gasteiger partial charge on any atom is -0.275 e. The SMILES string of the molecule is O=S(=O)(Nc1ccc(F)nc1F)c1cccc(Br)c1. The summed E-state index contributed by atoms with van der Waals surface area (Å²) in [6.45, 7) is 0. The Morgan fingerprint density at radius 3 is 2.53 bits per heavy atom. The number of nitrogens with zero attached hydrogens (tertiary/aromatic N) is 1.